The highest BCUT2D eigenvalue weighted by molar-refractivity contribution is 14.1. The molecule has 5 nitrogen and oxygen atoms in total. The van der Waals surface area contributed by atoms with Gasteiger partial charge in [0.2, 0.25) is 0 Å². The Morgan fingerprint density at radius 1 is 1.16 bits per heavy atom. The molecule has 1 aliphatic rings. The van der Waals surface area contributed by atoms with Gasteiger partial charge in [0.05, 0.1) is 10.2 Å². The average Bonchev–Trinajstić information content (AvgIpc) is 2.91. The zero-order valence-corrected chi connectivity index (χ0v) is 21.7. The molecule has 2 aromatic carbocycles. The molecule has 1 saturated heterocycles. The van der Waals surface area contributed by atoms with E-state index in [0.29, 0.717) is 45.5 Å². The molecule has 1 aliphatic heterocycles. The van der Waals surface area contributed by atoms with E-state index in [-0.39, 0.29) is 12.5 Å². The van der Waals surface area contributed by atoms with E-state index in [2.05, 4.69) is 22.6 Å². The van der Waals surface area contributed by atoms with Crippen molar-refractivity contribution in [1.82, 2.24) is 9.80 Å². The Labute approximate surface area is 211 Å². The molecular formula is C22H21Cl2IN2O3S. The number of halogens is 3. The summed E-state index contributed by atoms with van der Waals surface area (Å²) in [6.45, 7) is 5.08. The van der Waals surface area contributed by atoms with Crippen molar-refractivity contribution in [2.45, 2.75) is 20.5 Å². The van der Waals surface area contributed by atoms with Crippen molar-refractivity contribution in [3.05, 3.63) is 60.8 Å². The van der Waals surface area contributed by atoms with E-state index in [0.717, 1.165) is 14.7 Å². The molecular weight excluding hydrogens is 570 g/mol. The Hall–Kier alpha value is -1.55. The number of carbonyl (C=O) groups excluding carboxylic acids is 1. The van der Waals surface area contributed by atoms with Crippen LogP contribution in [0, 0.1) is 3.57 Å². The number of thiocarbonyl (C=S) groups is 1. The van der Waals surface area contributed by atoms with Crippen LogP contribution in [-0.2, 0) is 11.4 Å². The van der Waals surface area contributed by atoms with Crippen molar-refractivity contribution < 1.29 is 14.3 Å². The van der Waals surface area contributed by atoms with Gasteiger partial charge in [-0.05, 0) is 84.6 Å². The minimum Gasteiger partial charge on any atom is -0.490 e. The van der Waals surface area contributed by atoms with Crippen LogP contribution in [0.5, 0.6) is 11.5 Å². The Balaban J connectivity index is 1.92. The van der Waals surface area contributed by atoms with Crippen molar-refractivity contribution >= 4 is 75.1 Å². The molecule has 0 spiro atoms. The number of rotatable bonds is 7. The minimum absolute atomic E-state index is 0.110. The lowest BCUT2D eigenvalue weighted by Crippen LogP contribution is -2.30. The molecule has 2 aromatic rings. The minimum atomic E-state index is -0.110. The molecule has 0 saturated carbocycles. The highest BCUT2D eigenvalue weighted by Gasteiger charge is 2.34. The second kappa shape index (κ2) is 10.4. The van der Waals surface area contributed by atoms with Crippen LogP contribution >= 0.6 is 58.0 Å². The normalized spacial score (nSPS) is 15.2. The quantitative estimate of drug-likeness (QED) is 0.225. The number of amides is 1. The zero-order chi connectivity index (χ0) is 22.7. The summed E-state index contributed by atoms with van der Waals surface area (Å²) in [7, 11) is 1.80. The first-order valence-electron chi connectivity index (χ1n) is 9.61. The number of ether oxygens (including phenoxy) is 2. The molecule has 9 heteroatoms. The fourth-order valence-corrected chi connectivity index (χ4v) is 4.67. The van der Waals surface area contributed by atoms with Gasteiger partial charge in [-0.1, -0.05) is 29.3 Å². The van der Waals surface area contributed by atoms with Crippen molar-refractivity contribution in [2.75, 3.05) is 20.2 Å². The molecule has 1 amide bonds. The maximum absolute atomic E-state index is 12.7. The number of likely N-dealkylation sites (N-methyl/N-ethyl adjacent to an activating group) is 2. The van der Waals surface area contributed by atoms with Crippen LogP contribution in [0.1, 0.15) is 25.0 Å². The van der Waals surface area contributed by atoms with Gasteiger partial charge in [0, 0.05) is 29.2 Å². The predicted molar refractivity (Wildman–Crippen MR) is 137 cm³/mol. The van der Waals surface area contributed by atoms with Gasteiger partial charge in [0.25, 0.3) is 5.91 Å². The first-order valence-corrected chi connectivity index (χ1v) is 11.8. The van der Waals surface area contributed by atoms with Crippen LogP contribution in [0.3, 0.4) is 0 Å². The third kappa shape index (κ3) is 5.27. The van der Waals surface area contributed by atoms with Gasteiger partial charge in [-0.3, -0.25) is 9.69 Å². The van der Waals surface area contributed by atoms with E-state index in [4.69, 9.17) is 44.9 Å². The van der Waals surface area contributed by atoms with Gasteiger partial charge in [0.1, 0.15) is 12.3 Å². The predicted octanol–water partition coefficient (Wildman–Crippen LogP) is 6.00. The lowest BCUT2D eigenvalue weighted by atomic mass is 10.1. The lowest BCUT2D eigenvalue weighted by molar-refractivity contribution is -0.122. The van der Waals surface area contributed by atoms with Crippen LogP contribution in [0.2, 0.25) is 10.0 Å². The van der Waals surface area contributed by atoms with Crippen LogP contribution in [-0.4, -0.2) is 41.0 Å². The van der Waals surface area contributed by atoms with Crippen molar-refractivity contribution in [3.63, 3.8) is 0 Å². The molecule has 31 heavy (non-hydrogen) atoms. The summed E-state index contributed by atoms with van der Waals surface area (Å²) >= 11 is 19.8. The number of nitrogens with zero attached hydrogens (tertiary/aromatic N) is 2. The molecule has 3 rings (SSSR count). The van der Waals surface area contributed by atoms with E-state index in [1.165, 1.54) is 0 Å². The van der Waals surface area contributed by atoms with E-state index in [1.807, 2.05) is 38.1 Å². The summed E-state index contributed by atoms with van der Waals surface area (Å²) in [4.78, 5) is 16.0. The zero-order valence-electron chi connectivity index (χ0n) is 17.2. The van der Waals surface area contributed by atoms with Gasteiger partial charge in [0.15, 0.2) is 16.6 Å². The SMILES string of the molecule is CCOc1cc(/C=C2/C(=O)N(CC)C(=S)N2C)cc(I)c1OCc1ccc(Cl)cc1Cl. The van der Waals surface area contributed by atoms with Crippen LogP contribution < -0.4 is 9.47 Å². The second-order valence-electron chi connectivity index (χ2n) is 6.71. The summed E-state index contributed by atoms with van der Waals surface area (Å²) in [5.74, 6) is 1.10. The van der Waals surface area contributed by atoms with E-state index in [1.54, 1.807) is 29.0 Å². The Kier molecular flexibility index (Phi) is 8.07. The highest BCUT2D eigenvalue weighted by atomic mass is 127. The highest BCUT2D eigenvalue weighted by Crippen LogP contribution is 2.36. The third-order valence-electron chi connectivity index (χ3n) is 4.68. The third-order valence-corrected chi connectivity index (χ3v) is 6.56. The van der Waals surface area contributed by atoms with E-state index in [9.17, 15) is 4.79 Å². The molecule has 0 atom stereocenters. The van der Waals surface area contributed by atoms with Gasteiger partial charge < -0.3 is 14.4 Å². The van der Waals surface area contributed by atoms with Crippen LogP contribution in [0.25, 0.3) is 6.08 Å². The standard InChI is InChI=1S/C22H21Cl2IN2O3S/c1-4-27-21(28)18(26(3)22(27)31)9-13-8-17(25)20(19(10-13)29-5-2)30-12-14-6-7-15(23)11-16(14)24/h6-11H,4-5,12H2,1-3H3/b18-9-. The summed E-state index contributed by atoms with van der Waals surface area (Å²) in [6, 6.07) is 9.09. The van der Waals surface area contributed by atoms with Crippen LogP contribution in [0.15, 0.2) is 36.0 Å². The summed E-state index contributed by atoms with van der Waals surface area (Å²) < 4.78 is 12.7. The topological polar surface area (TPSA) is 42.0 Å². The van der Waals surface area contributed by atoms with Crippen molar-refractivity contribution in [2.24, 2.45) is 0 Å². The Bertz CT molecular complexity index is 1060. The van der Waals surface area contributed by atoms with Gasteiger partial charge >= 0.3 is 0 Å². The monoisotopic (exact) mass is 590 g/mol. The smallest absolute Gasteiger partial charge is 0.276 e. The maximum Gasteiger partial charge on any atom is 0.276 e. The summed E-state index contributed by atoms with van der Waals surface area (Å²) in [5, 5.41) is 1.61. The van der Waals surface area contributed by atoms with E-state index < -0.39 is 0 Å². The average molecular weight is 591 g/mol. The number of hydrogen-bond acceptors (Lipinski definition) is 4. The van der Waals surface area contributed by atoms with Crippen molar-refractivity contribution in [3.8, 4) is 11.5 Å². The molecule has 1 heterocycles. The second-order valence-corrected chi connectivity index (χ2v) is 9.08. The summed E-state index contributed by atoms with van der Waals surface area (Å²) in [6.07, 6.45) is 1.81. The van der Waals surface area contributed by atoms with Gasteiger partial charge in [-0.25, -0.2) is 0 Å². The Morgan fingerprint density at radius 3 is 2.52 bits per heavy atom. The number of carbonyl (C=O) groups is 1. The fourth-order valence-electron chi connectivity index (χ4n) is 3.11. The van der Waals surface area contributed by atoms with Gasteiger partial charge in [-0.2, -0.15) is 0 Å². The number of hydrogen-bond donors (Lipinski definition) is 0. The number of benzene rings is 2. The van der Waals surface area contributed by atoms with Crippen molar-refractivity contribution in [1.29, 1.82) is 0 Å². The first-order chi connectivity index (χ1) is 14.8. The molecule has 0 aromatic heterocycles. The molecule has 164 valence electrons. The molecule has 0 bridgehead atoms. The van der Waals surface area contributed by atoms with E-state index >= 15 is 0 Å². The lowest BCUT2D eigenvalue weighted by Gasteiger charge is -2.16. The fraction of sp³-hybridized carbons (Fsp3) is 0.273. The first kappa shape index (κ1) is 24.1. The molecule has 0 unspecified atom stereocenters. The van der Waals surface area contributed by atoms with Gasteiger partial charge in [-0.15, -0.1) is 0 Å². The largest absolute Gasteiger partial charge is 0.490 e. The Morgan fingerprint density at radius 2 is 1.90 bits per heavy atom. The molecule has 0 radical (unpaired) electrons. The molecule has 0 N–H and O–H groups in total. The summed E-state index contributed by atoms with van der Waals surface area (Å²) in [5.41, 5.74) is 2.16. The molecule has 1 fully saturated rings. The van der Waals surface area contributed by atoms with Crippen LogP contribution in [0.4, 0.5) is 0 Å². The molecule has 0 aliphatic carbocycles. The maximum atomic E-state index is 12.7.